The second kappa shape index (κ2) is 10.2. The van der Waals surface area contributed by atoms with Crippen LogP contribution in [0.25, 0.3) is 0 Å². The molecule has 9 heteroatoms. The molecule has 0 spiro atoms. The number of aryl methyl sites for hydroxylation is 1. The number of aromatic nitrogens is 1. The van der Waals surface area contributed by atoms with Crippen LogP contribution in [0.3, 0.4) is 0 Å². The lowest BCUT2D eigenvalue weighted by molar-refractivity contribution is -0.140. The van der Waals surface area contributed by atoms with Gasteiger partial charge in [-0.25, -0.2) is 4.98 Å². The molecule has 0 saturated carbocycles. The average molecular weight is 372 g/mol. The highest BCUT2D eigenvalue weighted by molar-refractivity contribution is 7.15. The molecule has 0 N–H and O–H groups in total. The molecule has 1 aromatic heterocycles. The van der Waals surface area contributed by atoms with Crippen LogP contribution in [-0.4, -0.2) is 56.4 Å². The highest BCUT2D eigenvalue weighted by atomic mass is 35.5. The maximum absolute atomic E-state index is 11.1. The van der Waals surface area contributed by atoms with Crippen molar-refractivity contribution in [3.63, 3.8) is 0 Å². The van der Waals surface area contributed by atoms with Crippen molar-refractivity contribution in [1.29, 1.82) is 0 Å². The van der Waals surface area contributed by atoms with Gasteiger partial charge in [-0.15, -0.1) is 36.2 Å². The zero-order chi connectivity index (χ0) is 14.5. The second-order valence-corrected chi connectivity index (χ2v) is 5.90. The van der Waals surface area contributed by atoms with Crippen LogP contribution in [-0.2, 0) is 20.8 Å². The summed E-state index contributed by atoms with van der Waals surface area (Å²) in [6, 6.07) is 0.405. The van der Waals surface area contributed by atoms with E-state index in [-0.39, 0.29) is 30.8 Å². The number of methoxy groups -OCH3 is 1. The Bertz CT molecular complexity index is 461. The fraction of sp³-hybridized carbons (Fsp3) is 0.692. The summed E-state index contributed by atoms with van der Waals surface area (Å²) >= 11 is 1.65. The van der Waals surface area contributed by atoms with Crippen LogP contribution in [0.4, 0.5) is 5.13 Å². The van der Waals surface area contributed by atoms with Crippen molar-refractivity contribution in [2.45, 2.75) is 25.3 Å². The number of carbonyl (C=O) groups excluding carboxylic acids is 1. The number of esters is 1. The lowest BCUT2D eigenvalue weighted by atomic mass is 10.3. The zero-order valence-corrected chi connectivity index (χ0v) is 15.4. The molecule has 22 heavy (non-hydrogen) atoms. The van der Waals surface area contributed by atoms with Crippen LogP contribution in [0.2, 0.25) is 0 Å². The van der Waals surface area contributed by atoms with E-state index in [4.69, 9.17) is 4.84 Å². The minimum atomic E-state index is -0.178. The van der Waals surface area contributed by atoms with Gasteiger partial charge in [-0.05, 0) is 12.8 Å². The summed E-state index contributed by atoms with van der Waals surface area (Å²) in [4.78, 5) is 24.2. The SMILES string of the molecule is COC(=O)CCc1cnc(N2CC[C@H](N(C)OC)C2)s1.Cl.Cl. The molecule has 1 aliphatic heterocycles. The van der Waals surface area contributed by atoms with Crippen molar-refractivity contribution >= 4 is 47.3 Å². The van der Waals surface area contributed by atoms with E-state index in [0.29, 0.717) is 18.9 Å². The van der Waals surface area contributed by atoms with Crippen molar-refractivity contribution in [2.24, 2.45) is 0 Å². The maximum atomic E-state index is 11.1. The third kappa shape index (κ3) is 5.55. The van der Waals surface area contributed by atoms with Crippen LogP contribution < -0.4 is 4.90 Å². The largest absolute Gasteiger partial charge is 0.469 e. The van der Waals surface area contributed by atoms with Gasteiger partial charge in [0.25, 0.3) is 0 Å². The smallest absolute Gasteiger partial charge is 0.305 e. The molecule has 0 amide bonds. The molecular formula is C13H23Cl2N3O3S. The van der Waals surface area contributed by atoms with Crippen molar-refractivity contribution < 1.29 is 14.4 Å². The van der Waals surface area contributed by atoms with Gasteiger partial charge in [0.05, 0.1) is 26.7 Å². The summed E-state index contributed by atoms with van der Waals surface area (Å²) in [7, 11) is 5.06. The minimum Gasteiger partial charge on any atom is -0.469 e. The van der Waals surface area contributed by atoms with Gasteiger partial charge >= 0.3 is 5.97 Å². The van der Waals surface area contributed by atoms with E-state index >= 15 is 0 Å². The first kappa shape index (κ1) is 21.4. The Balaban J connectivity index is 0.00000220. The highest BCUT2D eigenvalue weighted by Gasteiger charge is 2.27. The van der Waals surface area contributed by atoms with E-state index in [1.165, 1.54) is 7.11 Å². The predicted molar refractivity (Wildman–Crippen MR) is 92.3 cm³/mol. The van der Waals surface area contributed by atoms with Gasteiger partial charge in [0.2, 0.25) is 0 Å². The Labute approximate surface area is 147 Å². The molecule has 1 aliphatic rings. The van der Waals surface area contributed by atoms with Gasteiger partial charge in [0, 0.05) is 31.2 Å². The molecule has 0 radical (unpaired) electrons. The molecule has 6 nitrogen and oxygen atoms in total. The van der Waals surface area contributed by atoms with E-state index in [9.17, 15) is 4.79 Å². The van der Waals surface area contributed by atoms with Crippen molar-refractivity contribution in [3.05, 3.63) is 11.1 Å². The molecule has 128 valence electrons. The summed E-state index contributed by atoms with van der Waals surface area (Å²) in [5.41, 5.74) is 0. The molecule has 1 aromatic rings. The van der Waals surface area contributed by atoms with E-state index < -0.39 is 0 Å². The van der Waals surface area contributed by atoms with E-state index in [1.807, 2.05) is 18.3 Å². The highest BCUT2D eigenvalue weighted by Crippen LogP contribution is 2.27. The lowest BCUT2D eigenvalue weighted by Crippen LogP contribution is -2.33. The first-order chi connectivity index (χ1) is 9.63. The van der Waals surface area contributed by atoms with E-state index in [1.54, 1.807) is 18.4 Å². The number of carbonyl (C=O) groups is 1. The molecule has 0 aromatic carbocycles. The van der Waals surface area contributed by atoms with E-state index in [2.05, 4.69) is 14.6 Å². The van der Waals surface area contributed by atoms with Gasteiger partial charge in [0.15, 0.2) is 5.13 Å². The molecule has 2 heterocycles. The molecule has 0 unspecified atom stereocenters. The minimum absolute atomic E-state index is 0. The lowest BCUT2D eigenvalue weighted by Gasteiger charge is -2.21. The number of likely N-dealkylation sites (N-methyl/N-ethyl adjacent to an activating group) is 1. The number of nitrogens with zero attached hydrogens (tertiary/aromatic N) is 3. The Kier molecular flexibility index (Phi) is 9.95. The molecular weight excluding hydrogens is 349 g/mol. The number of halogens is 2. The number of ether oxygens (including phenoxy) is 1. The van der Waals surface area contributed by atoms with Crippen LogP contribution in [0.1, 0.15) is 17.7 Å². The number of rotatable bonds is 6. The van der Waals surface area contributed by atoms with Crippen LogP contribution >= 0.6 is 36.2 Å². The fourth-order valence-electron chi connectivity index (χ4n) is 2.25. The molecule has 2 rings (SSSR count). The Morgan fingerprint density at radius 1 is 1.50 bits per heavy atom. The number of anilines is 1. The Morgan fingerprint density at radius 3 is 2.86 bits per heavy atom. The number of hydrogen-bond acceptors (Lipinski definition) is 7. The van der Waals surface area contributed by atoms with Crippen LogP contribution in [0.5, 0.6) is 0 Å². The Hall–Kier alpha value is -0.600. The zero-order valence-electron chi connectivity index (χ0n) is 13.0. The second-order valence-electron chi connectivity index (χ2n) is 4.80. The third-order valence-corrected chi connectivity index (χ3v) is 4.70. The number of hydrogen-bond donors (Lipinski definition) is 0. The van der Waals surface area contributed by atoms with Gasteiger partial charge in [0.1, 0.15) is 0 Å². The summed E-state index contributed by atoms with van der Waals surface area (Å²) in [5.74, 6) is -0.178. The van der Waals surface area contributed by atoms with Gasteiger partial charge < -0.3 is 14.5 Å². The van der Waals surface area contributed by atoms with Crippen LogP contribution in [0.15, 0.2) is 6.20 Å². The van der Waals surface area contributed by atoms with Crippen molar-refractivity contribution in [1.82, 2.24) is 10.0 Å². The molecule has 1 saturated heterocycles. The molecule has 1 fully saturated rings. The summed E-state index contributed by atoms with van der Waals surface area (Å²) in [6.45, 7) is 1.91. The average Bonchev–Trinajstić information content (AvgIpc) is 3.12. The standard InChI is InChI=1S/C13H21N3O3S.2ClH/c1-15(19-3)10-6-7-16(9-10)13-14-8-11(20-13)4-5-12(17)18-2;;/h8,10H,4-7,9H2,1-3H3;2*1H/t10-;;/m0../s1. The van der Waals surface area contributed by atoms with Gasteiger partial charge in [-0.2, -0.15) is 5.06 Å². The van der Waals surface area contributed by atoms with Crippen LogP contribution in [0, 0.1) is 0 Å². The predicted octanol–water partition coefficient (Wildman–Crippen LogP) is 2.16. The molecule has 0 aliphatic carbocycles. The van der Waals surface area contributed by atoms with Gasteiger partial charge in [-0.1, -0.05) is 0 Å². The summed E-state index contributed by atoms with van der Waals surface area (Å²) in [5, 5.41) is 2.92. The first-order valence-electron chi connectivity index (χ1n) is 6.67. The number of hydroxylamine groups is 2. The summed E-state index contributed by atoms with van der Waals surface area (Å²) in [6.07, 6.45) is 4.03. The van der Waals surface area contributed by atoms with Crippen molar-refractivity contribution in [2.75, 3.05) is 39.3 Å². The normalized spacial score (nSPS) is 17.1. The van der Waals surface area contributed by atoms with Crippen molar-refractivity contribution in [3.8, 4) is 0 Å². The third-order valence-electron chi connectivity index (χ3n) is 3.58. The molecule has 1 atom stereocenters. The first-order valence-corrected chi connectivity index (χ1v) is 7.49. The quantitative estimate of drug-likeness (QED) is 0.564. The monoisotopic (exact) mass is 371 g/mol. The number of thiazole rings is 1. The van der Waals surface area contributed by atoms with Gasteiger partial charge in [-0.3, -0.25) is 4.79 Å². The summed E-state index contributed by atoms with van der Waals surface area (Å²) < 4.78 is 4.65. The van der Waals surface area contributed by atoms with E-state index in [0.717, 1.165) is 29.5 Å². The maximum Gasteiger partial charge on any atom is 0.305 e. The topological polar surface area (TPSA) is 54.9 Å². The molecule has 0 bridgehead atoms. The fourth-order valence-corrected chi connectivity index (χ4v) is 3.19. The Morgan fingerprint density at radius 2 is 2.23 bits per heavy atom.